The van der Waals surface area contributed by atoms with Crippen LogP contribution >= 0.6 is 0 Å². The number of nitrogens with zero attached hydrogens (tertiary/aromatic N) is 1. The van der Waals surface area contributed by atoms with Crippen molar-refractivity contribution in [2.75, 3.05) is 0 Å². The predicted octanol–water partition coefficient (Wildman–Crippen LogP) is 3.25. The molecule has 0 aliphatic heterocycles. The molecule has 1 heterocycles. The minimum absolute atomic E-state index is 0.0454. The molecule has 0 aliphatic carbocycles. The second-order valence-corrected chi connectivity index (χ2v) is 4.02. The molecule has 6 heteroatoms. The summed E-state index contributed by atoms with van der Waals surface area (Å²) in [6.07, 6.45) is -4.82. The SMILES string of the molecule is O=C(Cc1ccc2ccccc2n1)C(F)(F)C(F)F. The zero-order valence-corrected chi connectivity index (χ0v) is 9.62. The Morgan fingerprint density at radius 3 is 2.53 bits per heavy atom. The average molecular weight is 271 g/mol. The average Bonchev–Trinajstić information content (AvgIpc) is 2.38. The molecule has 0 spiro atoms. The van der Waals surface area contributed by atoms with Crippen molar-refractivity contribution in [3.05, 3.63) is 42.1 Å². The molecule has 2 nitrogen and oxygen atoms in total. The molecule has 0 N–H and O–H groups in total. The molecule has 19 heavy (non-hydrogen) atoms. The maximum Gasteiger partial charge on any atom is 0.364 e. The lowest BCUT2D eigenvalue weighted by molar-refractivity contribution is -0.166. The number of pyridine rings is 1. The van der Waals surface area contributed by atoms with Gasteiger partial charge in [0, 0.05) is 11.1 Å². The van der Waals surface area contributed by atoms with E-state index in [2.05, 4.69) is 4.98 Å². The molecule has 0 saturated carbocycles. The lowest BCUT2D eigenvalue weighted by Gasteiger charge is -2.13. The van der Waals surface area contributed by atoms with E-state index in [0.717, 1.165) is 5.39 Å². The molecule has 0 saturated heterocycles. The predicted molar refractivity (Wildman–Crippen MR) is 61.4 cm³/mol. The van der Waals surface area contributed by atoms with Crippen LogP contribution in [0.5, 0.6) is 0 Å². The van der Waals surface area contributed by atoms with E-state index in [1.807, 2.05) is 0 Å². The number of carbonyl (C=O) groups excluding carboxylic acids is 1. The fourth-order valence-electron chi connectivity index (χ4n) is 1.61. The summed E-state index contributed by atoms with van der Waals surface area (Å²) in [6.45, 7) is 0. The summed E-state index contributed by atoms with van der Waals surface area (Å²) in [5, 5.41) is 0.777. The Morgan fingerprint density at radius 2 is 1.84 bits per heavy atom. The van der Waals surface area contributed by atoms with Crippen molar-refractivity contribution >= 4 is 16.7 Å². The van der Waals surface area contributed by atoms with Crippen LogP contribution in [0.3, 0.4) is 0 Å². The van der Waals surface area contributed by atoms with Gasteiger partial charge in [-0.15, -0.1) is 0 Å². The van der Waals surface area contributed by atoms with E-state index in [4.69, 9.17) is 0 Å². The Bertz CT molecular complexity index is 612. The first kappa shape index (κ1) is 13.5. The molecule has 0 fully saturated rings. The molecule has 0 unspecified atom stereocenters. The normalized spacial score (nSPS) is 12.1. The lowest BCUT2D eigenvalue weighted by atomic mass is 10.1. The smallest absolute Gasteiger partial charge is 0.292 e. The van der Waals surface area contributed by atoms with Crippen LogP contribution < -0.4 is 0 Å². The van der Waals surface area contributed by atoms with Crippen LogP contribution in [0.25, 0.3) is 10.9 Å². The van der Waals surface area contributed by atoms with Gasteiger partial charge in [0.1, 0.15) is 0 Å². The third-order valence-electron chi connectivity index (χ3n) is 2.64. The van der Waals surface area contributed by atoms with Crippen LogP contribution in [0.1, 0.15) is 5.69 Å². The largest absolute Gasteiger partial charge is 0.364 e. The molecular weight excluding hydrogens is 262 g/mol. The number of hydrogen-bond donors (Lipinski definition) is 0. The number of para-hydroxylation sites is 1. The summed E-state index contributed by atoms with van der Waals surface area (Å²) < 4.78 is 49.7. The highest BCUT2D eigenvalue weighted by Crippen LogP contribution is 2.25. The van der Waals surface area contributed by atoms with Crippen molar-refractivity contribution in [1.82, 2.24) is 4.98 Å². The van der Waals surface area contributed by atoms with E-state index in [9.17, 15) is 22.4 Å². The van der Waals surface area contributed by atoms with Crippen LogP contribution in [-0.2, 0) is 11.2 Å². The minimum atomic E-state index is -4.63. The zero-order chi connectivity index (χ0) is 14.0. The molecule has 1 aromatic heterocycles. The van der Waals surface area contributed by atoms with Crippen LogP contribution in [0.15, 0.2) is 36.4 Å². The third-order valence-corrected chi connectivity index (χ3v) is 2.64. The second kappa shape index (κ2) is 4.95. The fraction of sp³-hybridized carbons (Fsp3) is 0.231. The number of hydrogen-bond acceptors (Lipinski definition) is 2. The number of halogens is 4. The van der Waals surface area contributed by atoms with Gasteiger partial charge in [-0.3, -0.25) is 9.78 Å². The highest BCUT2D eigenvalue weighted by Gasteiger charge is 2.48. The number of aromatic nitrogens is 1. The number of carbonyl (C=O) groups is 1. The highest BCUT2D eigenvalue weighted by atomic mass is 19.3. The fourth-order valence-corrected chi connectivity index (χ4v) is 1.61. The van der Waals surface area contributed by atoms with Crippen molar-refractivity contribution in [1.29, 1.82) is 0 Å². The van der Waals surface area contributed by atoms with Gasteiger partial charge in [-0.25, -0.2) is 8.78 Å². The maximum absolute atomic E-state index is 12.8. The second-order valence-electron chi connectivity index (χ2n) is 4.02. The van der Waals surface area contributed by atoms with Gasteiger partial charge in [-0.2, -0.15) is 8.78 Å². The first-order valence-corrected chi connectivity index (χ1v) is 5.45. The molecule has 0 atom stereocenters. The van der Waals surface area contributed by atoms with E-state index >= 15 is 0 Å². The van der Waals surface area contributed by atoms with Crippen molar-refractivity contribution in [3.8, 4) is 0 Å². The molecule has 0 radical (unpaired) electrons. The Morgan fingerprint density at radius 1 is 1.16 bits per heavy atom. The summed E-state index contributed by atoms with van der Waals surface area (Å²) in [5.74, 6) is -6.46. The summed E-state index contributed by atoms with van der Waals surface area (Å²) >= 11 is 0. The molecule has 1 aromatic carbocycles. The number of Topliss-reactive ketones (excluding diaryl/α,β-unsaturated/α-hetero) is 1. The van der Waals surface area contributed by atoms with Gasteiger partial charge in [0.15, 0.2) is 0 Å². The molecule has 0 bridgehead atoms. The molecule has 2 aromatic rings. The van der Waals surface area contributed by atoms with Crippen molar-refractivity contribution in [2.45, 2.75) is 18.8 Å². The molecule has 0 amide bonds. The Labute approximate surface area is 106 Å². The van der Waals surface area contributed by atoms with Crippen LogP contribution in [0, 0.1) is 0 Å². The number of ketones is 1. The quantitative estimate of drug-likeness (QED) is 0.799. The minimum Gasteiger partial charge on any atom is -0.292 e. The lowest BCUT2D eigenvalue weighted by Crippen LogP contribution is -2.37. The van der Waals surface area contributed by atoms with Gasteiger partial charge in [-0.05, 0) is 12.1 Å². The number of alkyl halides is 4. The Balaban J connectivity index is 2.24. The van der Waals surface area contributed by atoms with E-state index in [1.165, 1.54) is 6.07 Å². The van der Waals surface area contributed by atoms with E-state index in [0.29, 0.717) is 5.52 Å². The summed E-state index contributed by atoms with van der Waals surface area (Å²) in [4.78, 5) is 15.1. The summed E-state index contributed by atoms with van der Waals surface area (Å²) in [5.41, 5.74) is 0.567. The van der Waals surface area contributed by atoms with Gasteiger partial charge in [0.2, 0.25) is 5.78 Å². The van der Waals surface area contributed by atoms with Gasteiger partial charge >= 0.3 is 12.3 Å². The van der Waals surface area contributed by atoms with Crippen molar-refractivity contribution < 1.29 is 22.4 Å². The summed E-state index contributed by atoms with van der Waals surface area (Å²) in [6, 6.07) is 9.87. The monoisotopic (exact) mass is 271 g/mol. The highest BCUT2D eigenvalue weighted by molar-refractivity contribution is 5.88. The molecule has 2 rings (SSSR count). The third kappa shape index (κ3) is 2.72. The van der Waals surface area contributed by atoms with Gasteiger partial charge in [0.05, 0.1) is 11.9 Å². The van der Waals surface area contributed by atoms with Gasteiger partial charge in [0.25, 0.3) is 0 Å². The molecular formula is C13H9F4NO. The first-order valence-electron chi connectivity index (χ1n) is 5.45. The Kier molecular flexibility index (Phi) is 3.50. The summed E-state index contributed by atoms with van der Waals surface area (Å²) in [7, 11) is 0. The zero-order valence-electron chi connectivity index (χ0n) is 9.62. The van der Waals surface area contributed by atoms with E-state index in [-0.39, 0.29) is 5.69 Å². The van der Waals surface area contributed by atoms with Crippen molar-refractivity contribution in [2.24, 2.45) is 0 Å². The maximum atomic E-state index is 12.8. The van der Waals surface area contributed by atoms with Crippen LogP contribution in [0.2, 0.25) is 0 Å². The van der Waals surface area contributed by atoms with Crippen molar-refractivity contribution in [3.63, 3.8) is 0 Å². The standard InChI is InChI=1S/C13H9F4NO/c14-12(15)13(16,17)11(19)7-9-6-5-8-3-1-2-4-10(8)18-9/h1-6,12H,7H2. The topological polar surface area (TPSA) is 30.0 Å². The van der Waals surface area contributed by atoms with Crippen LogP contribution in [-0.4, -0.2) is 23.1 Å². The number of fused-ring (bicyclic) bond motifs is 1. The van der Waals surface area contributed by atoms with E-state index < -0.39 is 24.6 Å². The Hall–Kier alpha value is -1.98. The van der Waals surface area contributed by atoms with Crippen LogP contribution in [0.4, 0.5) is 17.6 Å². The van der Waals surface area contributed by atoms with Gasteiger partial charge < -0.3 is 0 Å². The van der Waals surface area contributed by atoms with Gasteiger partial charge in [-0.1, -0.05) is 24.3 Å². The molecule has 100 valence electrons. The molecule has 0 aliphatic rings. The number of rotatable bonds is 4. The number of benzene rings is 1. The van der Waals surface area contributed by atoms with E-state index in [1.54, 1.807) is 30.3 Å². The first-order chi connectivity index (χ1) is 8.91.